The van der Waals surface area contributed by atoms with E-state index in [9.17, 15) is 9.59 Å². The molecule has 0 unspecified atom stereocenters. The van der Waals surface area contributed by atoms with Gasteiger partial charge in [0.15, 0.2) is 0 Å². The Morgan fingerprint density at radius 2 is 1.73 bits per heavy atom. The monoisotopic (exact) mass is 390 g/mol. The Morgan fingerprint density at radius 3 is 2.35 bits per heavy atom. The molecule has 0 aliphatic heterocycles. The molecule has 0 saturated heterocycles. The second-order valence-corrected chi connectivity index (χ2v) is 7.95. The summed E-state index contributed by atoms with van der Waals surface area (Å²) in [6.07, 6.45) is 0. The summed E-state index contributed by atoms with van der Waals surface area (Å²) >= 11 is 7.41. The zero-order valence-corrected chi connectivity index (χ0v) is 16.7. The molecule has 138 valence electrons. The Bertz CT molecular complexity index is 747. The Morgan fingerprint density at radius 1 is 1.12 bits per heavy atom. The van der Waals surface area contributed by atoms with E-state index in [0.717, 1.165) is 16.8 Å². The number of hydrogen-bond acceptors (Lipinski definition) is 3. The number of anilines is 1. The van der Waals surface area contributed by atoms with Crippen LogP contribution < -0.4 is 5.32 Å². The number of rotatable bonds is 7. The van der Waals surface area contributed by atoms with Gasteiger partial charge in [0.05, 0.1) is 11.8 Å². The van der Waals surface area contributed by atoms with Crippen molar-refractivity contribution in [2.75, 3.05) is 18.9 Å². The minimum absolute atomic E-state index is 0.0263. The molecule has 0 spiro atoms. The predicted molar refractivity (Wildman–Crippen MR) is 110 cm³/mol. The second kappa shape index (κ2) is 9.64. The van der Waals surface area contributed by atoms with E-state index in [1.54, 1.807) is 7.05 Å². The fourth-order valence-corrected chi connectivity index (χ4v) is 3.40. The molecule has 0 bridgehead atoms. The molecule has 0 aliphatic rings. The summed E-state index contributed by atoms with van der Waals surface area (Å²) in [5, 5.41) is 3.27. The summed E-state index contributed by atoms with van der Waals surface area (Å²) in [5.74, 6) is 0.440. The van der Waals surface area contributed by atoms with Crippen molar-refractivity contribution in [2.45, 2.75) is 24.9 Å². The smallest absolute Gasteiger partial charge is 0.243 e. The minimum Gasteiger partial charge on any atom is -0.335 e. The molecular weight excluding hydrogens is 368 g/mol. The fourth-order valence-electron chi connectivity index (χ4n) is 2.31. The molecule has 2 amide bonds. The number of nitrogens with zero attached hydrogens (tertiary/aromatic N) is 1. The van der Waals surface area contributed by atoms with E-state index in [2.05, 4.69) is 5.32 Å². The van der Waals surface area contributed by atoms with Crippen LogP contribution in [0.5, 0.6) is 0 Å². The maximum atomic E-state index is 12.5. The van der Waals surface area contributed by atoms with Crippen LogP contribution in [0.2, 0.25) is 5.02 Å². The zero-order valence-electron chi connectivity index (χ0n) is 15.2. The molecule has 0 heterocycles. The highest BCUT2D eigenvalue weighted by atomic mass is 35.5. The number of amides is 2. The summed E-state index contributed by atoms with van der Waals surface area (Å²) < 4.78 is 0. The second-order valence-electron chi connectivity index (χ2n) is 6.19. The number of thioether (sulfide) groups is 1. The van der Waals surface area contributed by atoms with Crippen molar-refractivity contribution in [3.8, 4) is 0 Å². The van der Waals surface area contributed by atoms with Crippen molar-refractivity contribution in [1.82, 2.24) is 4.90 Å². The highest BCUT2D eigenvalue weighted by Crippen LogP contribution is 2.20. The Labute approximate surface area is 163 Å². The highest BCUT2D eigenvalue weighted by Gasteiger charge is 2.20. The van der Waals surface area contributed by atoms with Crippen molar-refractivity contribution in [2.24, 2.45) is 0 Å². The number of hydrogen-bond donors (Lipinski definition) is 1. The van der Waals surface area contributed by atoms with E-state index in [0.29, 0.717) is 10.8 Å². The molecule has 0 fully saturated rings. The van der Waals surface area contributed by atoms with Crippen LogP contribution in [-0.4, -0.2) is 35.6 Å². The number of benzene rings is 2. The van der Waals surface area contributed by atoms with Gasteiger partial charge in [-0.25, -0.2) is 0 Å². The van der Waals surface area contributed by atoms with Gasteiger partial charge in [-0.15, -0.1) is 11.8 Å². The van der Waals surface area contributed by atoms with Crippen LogP contribution in [0.15, 0.2) is 48.5 Å². The maximum Gasteiger partial charge on any atom is 0.243 e. The summed E-state index contributed by atoms with van der Waals surface area (Å²) in [5.41, 5.74) is 2.97. The predicted octanol–water partition coefficient (Wildman–Crippen LogP) is 4.37. The topological polar surface area (TPSA) is 49.4 Å². The molecule has 1 N–H and O–H groups in total. The van der Waals surface area contributed by atoms with Gasteiger partial charge in [-0.2, -0.15) is 0 Å². The number of likely N-dealkylation sites (N-methyl/N-ethyl adjacent to an activating group) is 1. The normalized spacial score (nSPS) is 11.7. The number of carbonyl (C=O) groups excluding carboxylic acids is 2. The Kier molecular flexibility index (Phi) is 7.54. The van der Waals surface area contributed by atoms with Crippen LogP contribution in [0.4, 0.5) is 5.69 Å². The number of halogens is 1. The van der Waals surface area contributed by atoms with Gasteiger partial charge < -0.3 is 10.2 Å². The van der Waals surface area contributed by atoms with Crippen LogP contribution in [-0.2, 0) is 15.3 Å². The Balaban J connectivity index is 1.80. The van der Waals surface area contributed by atoms with Crippen molar-refractivity contribution >= 4 is 40.9 Å². The van der Waals surface area contributed by atoms with Crippen LogP contribution in [0.3, 0.4) is 0 Å². The van der Waals surface area contributed by atoms with E-state index < -0.39 is 0 Å². The molecule has 6 heteroatoms. The van der Waals surface area contributed by atoms with Crippen molar-refractivity contribution in [3.63, 3.8) is 0 Å². The van der Waals surface area contributed by atoms with E-state index >= 15 is 0 Å². The first-order valence-corrected chi connectivity index (χ1v) is 9.75. The summed E-state index contributed by atoms with van der Waals surface area (Å²) in [6, 6.07) is 15.1. The van der Waals surface area contributed by atoms with Gasteiger partial charge in [0.25, 0.3) is 0 Å². The molecule has 0 aromatic heterocycles. The lowest BCUT2D eigenvalue weighted by molar-refractivity contribution is -0.132. The van der Waals surface area contributed by atoms with E-state index in [1.807, 2.05) is 62.4 Å². The lowest BCUT2D eigenvalue weighted by Crippen LogP contribution is -2.39. The number of aryl methyl sites for hydroxylation is 1. The van der Waals surface area contributed by atoms with Crippen molar-refractivity contribution < 1.29 is 9.59 Å². The molecule has 2 aromatic carbocycles. The molecule has 0 saturated carbocycles. The Hall–Kier alpha value is -1.98. The first-order valence-electron chi connectivity index (χ1n) is 8.32. The van der Waals surface area contributed by atoms with Gasteiger partial charge in [0.1, 0.15) is 0 Å². The summed E-state index contributed by atoms with van der Waals surface area (Å²) in [4.78, 5) is 26.0. The first-order chi connectivity index (χ1) is 12.3. The van der Waals surface area contributed by atoms with E-state index in [4.69, 9.17) is 11.6 Å². The third kappa shape index (κ3) is 6.39. The highest BCUT2D eigenvalue weighted by molar-refractivity contribution is 7.99. The SMILES string of the molecule is Cc1ccc(NC(=O)CN(C)C(=O)[C@@H](C)SCc2ccc(Cl)cc2)cc1. The van der Waals surface area contributed by atoms with Crippen LogP contribution in [0.1, 0.15) is 18.1 Å². The summed E-state index contributed by atoms with van der Waals surface area (Å²) in [6.45, 7) is 3.87. The molecule has 1 atom stereocenters. The van der Waals surface area contributed by atoms with Gasteiger partial charge in [0.2, 0.25) is 11.8 Å². The molecule has 2 rings (SSSR count). The van der Waals surface area contributed by atoms with Crippen molar-refractivity contribution in [3.05, 3.63) is 64.7 Å². The summed E-state index contributed by atoms with van der Waals surface area (Å²) in [7, 11) is 1.65. The average Bonchev–Trinajstić information content (AvgIpc) is 2.62. The van der Waals surface area contributed by atoms with Gasteiger partial charge in [-0.1, -0.05) is 41.4 Å². The quantitative estimate of drug-likeness (QED) is 0.763. The molecule has 0 aliphatic carbocycles. The minimum atomic E-state index is -0.233. The molecular formula is C20H23ClN2O2S. The zero-order chi connectivity index (χ0) is 19.1. The van der Waals surface area contributed by atoms with Gasteiger partial charge in [-0.3, -0.25) is 9.59 Å². The lowest BCUT2D eigenvalue weighted by Gasteiger charge is -2.20. The molecule has 2 aromatic rings. The third-order valence-corrected chi connectivity index (χ3v) is 5.31. The molecule has 0 radical (unpaired) electrons. The van der Waals surface area contributed by atoms with Gasteiger partial charge >= 0.3 is 0 Å². The van der Waals surface area contributed by atoms with Gasteiger partial charge in [-0.05, 0) is 43.7 Å². The van der Waals surface area contributed by atoms with Crippen LogP contribution in [0.25, 0.3) is 0 Å². The fraction of sp³-hybridized carbons (Fsp3) is 0.300. The lowest BCUT2D eigenvalue weighted by atomic mass is 10.2. The van der Waals surface area contributed by atoms with Crippen LogP contribution in [0, 0.1) is 6.92 Å². The van der Waals surface area contributed by atoms with Crippen LogP contribution >= 0.6 is 23.4 Å². The standard InChI is InChI=1S/C20H23ClN2O2S/c1-14-4-10-18(11-5-14)22-19(24)12-23(3)20(25)15(2)26-13-16-6-8-17(21)9-7-16/h4-11,15H,12-13H2,1-3H3,(H,22,24)/t15-/m1/s1. The number of nitrogens with one attached hydrogen (secondary N) is 1. The van der Waals surface area contributed by atoms with E-state index in [-0.39, 0.29) is 23.6 Å². The van der Waals surface area contributed by atoms with Crippen molar-refractivity contribution in [1.29, 1.82) is 0 Å². The number of carbonyl (C=O) groups is 2. The van der Waals surface area contributed by atoms with Gasteiger partial charge in [0, 0.05) is 23.5 Å². The molecule has 4 nitrogen and oxygen atoms in total. The first kappa shape index (κ1) is 20.3. The van der Waals surface area contributed by atoms with E-state index in [1.165, 1.54) is 16.7 Å². The molecule has 26 heavy (non-hydrogen) atoms. The largest absolute Gasteiger partial charge is 0.335 e. The maximum absolute atomic E-state index is 12.5. The third-order valence-electron chi connectivity index (χ3n) is 3.85. The average molecular weight is 391 g/mol.